The molecular formula is C18H19N3O3. The van der Waals surface area contributed by atoms with Crippen molar-refractivity contribution in [3.8, 4) is 16.9 Å². The number of hydrogen-bond acceptors (Lipinski definition) is 4. The number of pyridine rings is 1. The van der Waals surface area contributed by atoms with Gasteiger partial charge in [0.25, 0.3) is 5.91 Å². The van der Waals surface area contributed by atoms with Gasteiger partial charge in [-0.15, -0.1) is 0 Å². The zero-order valence-electron chi connectivity index (χ0n) is 13.4. The molecule has 0 spiro atoms. The SMILES string of the molecule is COc1cnccc1-c1ccc(C(=O)NC2CCCNC2=O)cc1. The second-order valence-corrected chi connectivity index (χ2v) is 5.61. The maximum atomic E-state index is 12.3. The number of methoxy groups -OCH3 is 1. The number of hydrogen-bond donors (Lipinski definition) is 2. The van der Waals surface area contributed by atoms with Gasteiger partial charge in [0.15, 0.2) is 0 Å². The first-order valence-corrected chi connectivity index (χ1v) is 7.86. The molecule has 1 aromatic heterocycles. The molecule has 6 nitrogen and oxygen atoms in total. The lowest BCUT2D eigenvalue weighted by atomic mass is 10.0. The fourth-order valence-corrected chi connectivity index (χ4v) is 2.73. The van der Waals surface area contributed by atoms with Gasteiger partial charge in [0.05, 0.1) is 13.3 Å². The van der Waals surface area contributed by atoms with Crippen LogP contribution in [-0.2, 0) is 4.79 Å². The number of amides is 2. The van der Waals surface area contributed by atoms with Gasteiger partial charge in [-0.25, -0.2) is 0 Å². The Morgan fingerprint density at radius 3 is 2.79 bits per heavy atom. The molecule has 1 aromatic carbocycles. The van der Waals surface area contributed by atoms with Crippen LogP contribution in [0.4, 0.5) is 0 Å². The predicted octanol–water partition coefficient (Wildman–Crippen LogP) is 1.77. The Morgan fingerprint density at radius 2 is 2.08 bits per heavy atom. The number of carbonyl (C=O) groups is 2. The molecule has 2 N–H and O–H groups in total. The lowest BCUT2D eigenvalue weighted by Gasteiger charge is -2.22. The number of ether oxygens (including phenoxy) is 1. The molecule has 3 rings (SSSR count). The molecule has 2 amide bonds. The van der Waals surface area contributed by atoms with E-state index in [9.17, 15) is 9.59 Å². The Morgan fingerprint density at radius 1 is 1.29 bits per heavy atom. The van der Waals surface area contributed by atoms with E-state index in [0.29, 0.717) is 24.3 Å². The highest BCUT2D eigenvalue weighted by Gasteiger charge is 2.23. The van der Waals surface area contributed by atoms with Gasteiger partial charge >= 0.3 is 0 Å². The van der Waals surface area contributed by atoms with Crippen LogP contribution in [0.5, 0.6) is 5.75 Å². The first-order chi connectivity index (χ1) is 11.7. The van der Waals surface area contributed by atoms with Gasteiger partial charge in [-0.2, -0.15) is 0 Å². The quantitative estimate of drug-likeness (QED) is 0.898. The van der Waals surface area contributed by atoms with Crippen molar-refractivity contribution in [3.63, 3.8) is 0 Å². The summed E-state index contributed by atoms with van der Waals surface area (Å²) in [6.45, 7) is 0.674. The smallest absolute Gasteiger partial charge is 0.251 e. The lowest BCUT2D eigenvalue weighted by Crippen LogP contribution is -2.50. The Hall–Kier alpha value is -2.89. The zero-order chi connectivity index (χ0) is 16.9. The molecule has 0 radical (unpaired) electrons. The summed E-state index contributed by atoms with van der Waals surface area (Å²) < 4.78 is 5.30. The third-order valence-electron chi connectivity index (χ3n) is 4.05. The molecule has 1 aliphatic rings. The number of benzene rings is 1. The molecule has 0 saturated carbocycles. The molecule has 2 aromatic rings. The summed E-state index contributed by atoms with van der Waals surface area (Å²) in [5.41, 5.74) is 2.36. The first kappa shape index (κ1) is 16.0. The van der Waals surface area contributed by atoms with Crippen LogP contribution in [0, 0.1) is 0 Å². The van der Waals surface area contributed by atoms with Crippen LogP contribution in [-0.4, -0.2) is 36.5 Å². The van der Waals surface area contributed by atoms with E-state index >= 15 is 0 Å². The van der Waals surface area contributed by atoms with Crippen LogP contribution in [0.15, 0.2) is 42.7 Å². The van der Waals surface area contributed by atoms with Crippen LogP contribution in [0.3, 0.4) is 0 Å². The minimum atomic E-state index is -0.453. The molecule has 24 heavy (non-hydrogen) atoms. The van der Waals surface area contributed by atoms with E-state index in [2.05, 4.69) is 15.6 Å². The van der Waals surface area contributed by atoms with Gasteiger partial charge in [-0.3, -0.25) is 14.6 Å². The van der Waals surface area contributed by atoms with E-state index in [4.69, 9.17) is 4.74 Å². The summed E-state index contributed by atoms with van der Waals surface area (Å²) in [7, 11) is 1.59. The number of rotatable bonds is 4. The summed E-state index contributed by atoms with van der Waals surface area (Å²) in [6.07, 6.45) is 4.89. The number of nitrogens with zero attached hydrogens (tertiary/aromatic N) is 1. The predicted molar refractivity (Wildman–Crippen MR) is 89.7 cm³/mol. The molecule has 0 bridgehead atoms. The summed E-state index contributed by atoms with van der Waals surface area (Å²) in [5.74, 6) is 0.312. The third-order valence-corrected chi connectivity index (χ3v) is 4.05. The maximum absolute atomic E-state index is 12.3. The molecule has 1 aliphatic heterocycles. The van der Waals surface area contributed by atoms with Gasteiger partial charge in [0.2, 0.25) is 5.91 Å². The second-order valence-electron chi connectivity index (χ2n) is 5.61. The molecule has 6 heteroatoms. The fraction of sp³-hybridized carbons (Fsp3) is 0.278. The highest BCUT2D eigenvalue weighted by Crippen LogP contribution is 2.28. The van der Waals surface area contributed by atoms with Crippen molar-refractivity contribution in [1.82, 2.24) is 15.6 Å². The molecule has 1 unspecified atom stereocenters. The van der Waals surface area contributed by atoms with Gasteiger partial charge in [-0.1, -0.05) is 12.1 Å². The van der Waals surface area contributed by atoms with Gasteiger partial charge in [0.1, 0.15) is 11.8 Å². The monoisotopic (exact) mass is 325 g/mol. The van der Waals surface area contributed by atoms with Crippen molar-refractivity contribution in [3.05, 3.63) is 48.3 Å². The third kappa shape index (κ3) is 3.37. The lowest BCUT2D eigenvalue weighted by molar-refractivity contribution is -0.124. The van der Waals surface area contributed by atoms with Crippen molar-refractivity contribution < 1.29 is 14.3 Å². The van der Waals surface area contributed by atoms with Gasteiger partial charge in [0, 0.05) is 23.9 Å². The zero-order valence-corrected chi connectivity index (χ0v) is 13.4. The molecule has 2 heterocycles. The van der Waals surface area contributed by atoms with E-state index in [1.165, 1.54) is 0 Å². The topological polar surface area (TPSA) is 80.3 Å². The van der Waals surface area contributed by atoms with Crippen LogP contribution in [0.1, 0.15) is 23.2 Å². The summed E-state index contributed by atoms with van der Waals surface area (Å²) in [5, 5.41) is 5.54. The Kier molecular flexibility index (Phi) is 4.74. The maximum Gasteiger partial charge on any atom is 0.251 e. The van der Waals surface area contributed by atoms with E-state index < -0.39 is 6.04 Å². The largest absolute Gasteiger partial charge is 0.494 e. The molecule has 124 valence electrons. The molecule has 1 fully saturated rings. The highest BCUT2D eigenvalue weighted by atomic mass is 16.5. The number of aromatic nitrogens is 1. The number of piperidine rings is 1. The van der Waals surface area contributed by atoms with Crippen LogP contribution in [0.25, 0.3) is 11.1 Å². The van der Waals surface area contributed by atoms with Gasteiger partial charge in [-0.05, 0) is 36.6 Å². The Labute approximate surface area is 140 Å². The van der Waals surface area contributed by atoms with Crippen molar-refractivity contribution >= 4 is 11.8 Å². The molecule has 1 saturated heterocycles. The second kappa shape index (κ2) is 7.12. The van der Waals surface area contributed by atoms with E-state index in [1.807, 2.05) is 18.2 Å². The van der Waals surface area contributed by atoms with E-state index in [1.54, 1.807) is 31.6 Å². The van der Waals surface area contributed by atoms with Crippen LogP contribution < -0.4 is 15.4 Å². The normalized spacial score (nSPS) is 17.0. The highest BCUT2D eigenvalue weighted by molar-refractivity contribution is 5.98. The molecule has 0 aliphatic carbocycles. The minimum absolute atomic E-state index is 0.118. The van der Waals surface area contributed by atoms with Crippen molar-refractivity contribution in [2.75, 3.05) is 13.7 Å². The van der Waals surface area contributed by atoms with E-state index in [-0.39, 0.29) is 11.8 Å². The standard InChI is InChI=1S/C18H19N3O3/c1-24-16-11-19-10-8-14(16)12-4-6-13(7-5-12)17(22)21-15-3-2-9-20-18(15)23/h4-8,10-11,15H,2-3,9H2,1H3,(H,20,23)(H,21,22). The van der Waals surface area contributed by atoms with Crippen molar-refractivity contribution in [2.24, 2.45) is 0 Å². The van der Waals surface area contributed by atoms with Crippen molar-refractivity contribution in [2.45, 2.75) is 18.9 Å². The summed E-state index contributed by atoms with van der Waals surface area (Å²) >= 11 is 0. The fourth-order valence-electron chi connectivity index (χ4n) is 2.73. The number of carbonyl (C=O) groups excluding carboxylic acids is 2. The average Bonchev–Trinajstić information content (AvgIpc) is 2.63. The van der Waals surface area contributed by atoms with Gasteiger partial charge < -0.3 is 15.4 Å². The number of nitrogens with one attached hydrogen (secondary N) is 2. The van der Waals surface area contributed by atoms with Crippen LogP contribution in [0.2, 0.25) is 0 Å². The Bertz CT molecular complexity index is 743. The summed E-state index contributed by atoms with van der Waals surface area (Å²) in [4.78, 5) is 28.1. The minimum Gasteiger partial charge on any atom is -0.494 e. The van der Waals surface area contributed by atoms with Crippen molar-refractivity contribution in [1.29, 1.82) is 0 Å². The summed E-state index contributed by atoms with van der Waals surface area (Å²) in [6, 6.07) is 8.60. The molecule has 1 atom stereocenters. The average molecular weight is 325 g/mol. The Balaban J connectivity index is 1.74. The van der Waals surface area contributed by atoms with E-state index in [0.717, 1.165) is 17.5 Å². The first-order valence-electron chi connectivity index (χ1n) is 7.86. The van der Waals surface area contributed by atoms with Crippen LogP contribution >= 0.6 is 0 Å². The molecular weight excluding hydrogens is 306 g/mol.